The number of nitriles is 1. The van der Waals surface area contributed by atoms with E-state index in [0.29, 0.717) is 53.9 Å². The van der Waals surface area contributed by atoms with E-state index < -0.39 is 6.04 Å². The molecule has 38 heavy (non-hydrogen) atoms. The normalized spacial score (nSPS) is 23.5. The fourth-order valence-corrected chi connectivity index (χ4v) is 6.33. The first-order valence-electron chi connectivity index (χ1n) is 13.3. The van der Waals surface area contributed by atoms with E-state index in [2.05, 4.69) is 16.4 Å². The molecule has 2 aliphatic heterocycles. The molecular formula is C29H33Cl2N5O2. The molecule has 5 rings (SSSR count). The molecule has 1 aromatic heterocycles. The van der Waals surface area contributed by atoms with Gasteiger partial charge < -0.3 is 15.1 Å². The standard InChI is InChI=1S/C29H33Cl2N5O2/c1-29(9-10-29)28(38)36-11-7-19(8-12-36)27(37)26(35(2)25-6-3-18(14-32)15-34-25)22-17-33-16-21(22)20-4-5-23(30)24(31)13-20/h3-6,13,15,19,21-22,26,33H,7-12,16-17H2,1-2H3/t21-,22-,26?/m1/s1. The third kappa shape index (κ3) is 5.27. The lowest BCUT2D eigenvalue weighted by Crippen LogP contribution is -2.51. The number of benzene rings is 1. The number of ketones is 1. The topological polar surface area (TPSA) is 89.3 Å². The van der Waals surface area contributed by atoms with Crippen LogP contribution in [-0.4, -0.2) is 60.8 Å². The molecule has 3 aliphatic rings. The molecule has 1 amide bonds. The third-order valence-electron chi connectivity index (χ3n) is 8.69. The summed E-state index contributed by atoms with van der Waals surface area (Å²) in [6, 6.07) is 10.9. The van der Waals surface area contributed by atoms with Gasteiger partial charge in [-0.15, -0.1) is 0 Å². The van der Waals surface area contributed by atoms with E-state index in [1.807, 2.05) is 42.0 Å². The average Bonchev–Trinajstić information content (AvgIpc) is 3.51. The Morgan fingerprint density at radius 2 is 1.89 bits per heavy atom. The van der Waals surface area contributed by atoms with Crippen molar-refractivity contribution in [1.29, 1.82) is 5.26 Å². The maximum Gasteiger partial charge on any atom is 0.228 e. The highest BCUT2D eigenvalue weighted by molar-refractivity contribution is 6.42. The van der Waals surface area contributed by atoms with Crippen LogP contribution in [0.15, 0.2) is 36.5 Å². The van der Waals surface area contributed by atoms with Gasteiger partial charge >= 0.3 is 0 Å². The first-order chi connectivity index (χ1) is 18.2. The number of hydrogen-bond acceptors (Lipinski definition) is 6. The van der Waals surface area contributed by atoms with E-state index in [4.69, 9.17) is 23.2 Å². The Hall–Kier alpha value is -2.66. The second kappa shape index (κ2) is 10.8. The number of nitrogens with one attached hydrogen (secondary N) is 1. The highest BCUT2D eigenvalue weighted by Crippen LogP contribution is 2.47. The van der Waals surface area contributed by atoms with Gasteiger partial charge in [-0.2, -0.15) is 5.26 Å². The van der Waals surface area contributed by atoms with Crippen LogP contribution in [0.4, 0.5) is 5.82 Å². The summed E-state index contributed by atoms with van der Waals surface area (Å²) < 4.78 is 0. The fourth-order valence-electron chi connectivity index (χ4n) is 6.02. The van der Waals surface area contributed by atoms with E-state index in [1.54, 1.807) is 18.3 Å². The van der Waals surface area contributed by atoms with Gasteiger partial charge in [-0.3, -0.25) is 9.59 Å². The quantitative estimate of drug-likeness (QED) is 0.535. The van der Waals surface area contributed by atoms with Crippen molar-refractivity contribution in [3.8, 4) is 6.07 Å². The maximum atomic E-state index is 14.3. The number of likely N-dealkylation sites (N-methyl/N-ethyl adjacent to an activating group) is 1. The molecule has 1 N–H and O–H groups in total. The molecule has 0 bridgehead atoms. The predicted octanol–water partition coefficient (Wildman–Crippen LogP) is 4.68. The molecule has 2 saturated heterocycles. The lowest BCUT2D eigenvalue weighted by atomic mass is 9.77. The smallest absolute Gasteiger partial charge is 0.228 e. The van der Waals surface area contributed by atoms with Crippen molar-refractivity contribution in [2.75, 3.05) is 38.1 Å². The van der Waals surface area contributed by atoms with Gasteiger partial charge in [-0.25, -0.2) is 4.98 Å². The minimum Gasteiger partial charge on any atom is -0.349 e. The second-order valence-corrected chi connectivity index (χ2v) is 12.0. The van der Waals surface area contributed by atoms with Crippen molar-refractivity contribution in [2.45, 2.75) is 44.6 Å². The number of piperidine rings is 1. The summed E-state index contributed by atoms with van der Waals surface area (Å²) >= 11 is 12.6. The Balaban J connectivity index is 1.41. The molecule has 1 aliphatic carbocycles. The maximum absolute atomic E-state index is 14.3. The number of likely N-dealkylation sites (tertiary alicyclic amines) is 1. The number of carbonyl (C=O) groups excluding carboxylic acids is 2. The molecule has 1 aromatic carbocycles. The lowest BCUT2D eigenvalue weighted by Gasteiger charge is -2.39. The SMILES string of the molecule is CN(c1ccc(C#N)cn1)C(C(=O)C1CCN(C(=O)C2(C)CC2)CC1)[C@@H]1CNC[C@@H]1c1ccc(Cl)c(Cl)c1. The van der Waals surface area contributed by atoms with Gasteiger partial charge in [0.25, 0.3) is 0 Å². The molecule has 3 heterocycles. The monoisotopic (exact) mass is 553 g/mol. The fraction of sp³-hybridized carbons (Fsp3) is 0.517. The van der Waals surface area contributed by atoms with Crippen LogP contribution < -0.4 is 10.2 Å². The number of carbonyl (C=O) groups is 2. The summed E-state index contributed by atoms with van der Waals surface area (Å²) in [7, 11) is 1.91. The number of anilines is 1. The van der Waals surface area contributed by atoms with Gasteiger partial charge in [-0.05, 0) is 55.5 Å². The molecule has 200 valence electrons. The Morgan fingerprint density at radius 1 is 1.16 bits per heavy atom. The molecule has 1 unspecified atom stereocenters. The molecule has 3 fully saturated rings. The molecule has 0 radical (unpaired) electrons. The molecule has 0 spiro atoms. The molecule has 2 aromatic rings. The number of pyridine rings is 1. The van der Waals surface area contributed by atoms with Crippen molar-refractivity contribution in [1.82, 2.24) is 15.2 Å². The van der Waals surface area contributed by atoms with E-state index in [0.717, 1.165) is 24.9 Å². The van der Waals surface area contributed by atoms with Crippen molar-refractivity contribution >= 4 is 40.7 Å². The zero-order chi connectivity index (χ0) is 27.0. The zero-order valence-electron chi connectivity index (χ0n) is 21.8. The van der Waals surface area contributed by atoms with Crippen LogP contribution in [0.2, 0.25) is 10.0 Å². The summed E-state index contributed by atoms with van der Waals surface area (Å²) in [6.45, 7) is 4.69. The largest absolute Gasteiger partial charge is 0.349 e. The van der Waals surface area contributed by atoms with Crippen LogP contribution in [-0.2, 0) is 9.59 Å². The van der Waals surface area contributed by atoms with Crippen LogP contribution in [0.25, 0.3) is 0 Å². The highest BCUT2D eigenvalue weighted by Gasteiger charge is 2.48. The Bertz CT molecular complexity index is 1250. The first-order valence-corrected chi connectivity index (χ1v) is 14.0. The molecule has 7 nitrogen and oxygen atoms in total. The second-order valence-electron chi connectivity index (χ2n) is 11.2. The van der Waals surface area contributed by atoms with Gasteiger partial charge in [0, 0.05) is 62.6 Å². The third-order valence-corrected chi connectivity index (χ3v) is 9.43. The number of halogens is 2. The van der Waals surface area contributed by atoms with Crippen molar-refractivity contribution in [2.24, 2.45) is 17.3 Å². The van der Waals surface area contributed by atoms with Crippen molar-refractivity contribution < 1.29 is 9.59 Å². The van der Waals surface area contributed by atoms with Crippen LogP contribution in [0, 0.1) is 28.6 Å². The minimum atomic E-state index is -0.432. The number of aromatic nitrogens is 1. The van der Waals surface area contributed by atoms with E-state index >= 15 is 0 Å². The van der Waals surface area contributed by atoms with Crippen LogP contribution in [0.5, 0.6) is 0 Å². The van der Waals surface area contributed by atoms with E-state index in [-0.39, 0.29) is 34.9 Å². The Labute approximate surface area is 234 Å². The van der Waals surface area contributed by atoms with Crippen LogP contribution in [0.1, 0.15) is 49.7 Å². The Kier molecular flexibility index (Phi) is 7.68. The van der Waals surface area contributed by atoms with Gasteiger partial charge in [0.15, 0.2) is 5.78 Å². The predicted molar refractivity (Wildman–Crippen MR) is 148 cm³/mol. The van der Waals surface area contributed by atoms with Gasteiger partial charge in [0.1, 0.15) is 11.9 Å². The molecule has 1 saturated carbocycles. The molecule has 3 atom stereocenters. The lowest BCUT2D eigenvalue weighted by molar-refractivity contribution is -0.139. The Morgan fingerprint density at radius 3 is 2.50 bits per heavy atom. The number of rotatable bonds is 7. The van der Waals surface area contributed by atoms with Gasteiger partial charge in [0.05, 0.1) is 21.7 Å². The number of Topliss-reactive ketones (excluding diaryl/α,β-unsaturated/α-hetero) is 1. The van der Waals surface area contributed by atoms with Crippen LogP contribution >= 0.6 is 23.2 Å². The summed E-state index contributed by atoms with van der Waals surface area (Å²) in [5, 5.41) is 13.7. The number of hydrogen-bond donors (Lipinski definition) is 1. The summed E-state index contributed by atoms with van der Waals surface area (Å²) in [5.41, 5.74) is 1.33. The first kappa shape index (κ1) is 26.9. The minimum absolute atomic E-state index is 0.0211. The molecule has 9 heteroatoms. The highest BCUT2D eigenvalue weighted by atomic mass is 35.5. The van der Waals surface area contributed by atoms with Gasteiger partial charge in [-0.1, -0.05) is 36.2 Å². The summed E-state index contributed by atoms with van der Waals surface area (Å²) in [6.07, 6.45) is 4.80. The summed E-state index contributed by atoms with van der Waals surface area (Å²) in [5.74, 6) is 0.979. The average molecular weight is 555 g/mol. The zero-order valence-corrected chi connectivity index (χ0v) is 23.3. The molecular weight excluding hydrogens is 521 g/mol. The van der Waals surface area contributed by atoms with Gasteiger partial charge in [0.2, 0.25) is 5.91 Å². The number of amides is 1. The number of nitrogens with zero attached hydrogens (tertiary/aromatic N) is 4. The van der Waals surface area contributed by atoms with Crippen molar-refractivity contribution in [3.63, 3.8) is 0 Å². The van der Waals surface area contributed by atoms with Crippen LogP contribution in [0.3, 0.4) is 0 Å². The summed E-state index contributed by atoms with van der Waals surface area (Å²) in [4.78, 5) is 35.6. The van der Waals surface area contributed by atoms with E-state index in [1.165, 1.54) is 0 Å². The van der Waals surface area contributed by atoms with Crippen molar-refractivity contribution in [3.05, 3.63) is 57.7 Å². The van der Waals surface area contributed by atoms with E-state index in [9.17, 15) is 14.9 Å².